The molecule has 0 aliphatic heterocycles. The normalized spacial score (nSPS) is 10.4. The Balaban J connectivity index is 3.68. The van der Waals surface area contributed by atoms with Gasteiger partial charge in [-0.05, 0) is 6.92 Å². The molecular formula is C8H4ClF3O2. The molecule has 1 aromatic rings. The van der Waals surface area contributed by atoms with E-state index in [-0.39, 0.29) is 0 Å². The first kappa shape index (κ1) is 10.8. The zero-order chi connectivity index (χ0) is 11.0. The summed E-state index contributed by atoms with van der Waals surface area (Å²) >= 11 is 5.12. The van der Waals surface area contributed by atoms with E-state index in [1.165, 1.54) is 0 Å². The third-order valence-electron chi connectivity index (χ3n) is 1.70. The Morgan fingerprint density at radius 2 is 1.71 bits per heavy atom. The van der Waals surface area contributed by atoms with Crippen LogP contribution in [0.4, 0.5) is 13.2 Å². The molecule has 1 N–H and O–H groups in total. The van der Waals surface area contributed by atoms with E-state index in [4.69, 9.17) is 16.7 Å². The zero-order valence-corrected chi connectivity index (χ0v) is 7.62. The molecule has 0 spiro atoms. The standard InChI is InChI=1S/C8H4ClF3O2/c1-2-5(10)3(8(13)14)7(12)4(9)6(2)11/h1H3,(H,13,14). The minimum absolute atomic E-state index is 0.617. The number of aromatic carboxylic acids is 1. The van der Waals surface area contributed by atoms with Gasteiger partial charge in [0.1, 0.15) is 16.4 Å². The lowest BCUT2D eigenvalue weighted by Gasteiger charge is -2.06. The molecule has 1 rings (SSSR count). The van der Waals surface area contributed by atoms with Gasteiger partial charge in [-0.15, -0.1) is 0 Å². The predicted octanol–water partition coefficient (Wildman–Crippen LogP) is 2.76. The molecule has 0 aromatic heterocycles. The Hall–Kier alpha value is -1.23. The van der Waals surface area contributed by atoms with Crippen LogP contribution in [0.3, 0.4) is 0 Å². The first-order chi connectivity index (χ1) is 6.37. The molecule has 0 saturated carbocycles. The highest BCUT2D eigenvalue weighted by molar-refractivity contribution is 6.31. The minimum atomic E-state index is -1.83. The van der Waals surface area contributed by atoms with Crippen LogP contribution in [0.5, 0.6) is 0 Å². The molecule has 0 saturated heterocycles. The van der Waals surface area contributed by atoms with Crippen molar-refractivity contribution in [3.05, 3.63) is 33.6 Å². The zero-order valence-electron chi connectivity index (χ0n) is 6.87. The van der Waals surface area contributed by atoms with Crippen molar-refractivity contribution in [1.29, 1.82) is 0 Å². The molecule has 0 aliphatic carbocycles. The maximum absolute atomic E-state index is 13.0. The molecular weight excluding hydrogens is 221 g/mol. The number of rotatable bonds is 1. The van der Waals surface area contributed by atoms with Gasteiger partial charge in [0, 0.05) is 5.56 Å². The lowest BCUT2D eigenvalue weighted by atomic mass is 10.1. The first-order valence-corrected chi connectivity index (χ1v) is 3.81. The van der Waals surface area contributed by atoms with Gasteiger partial charge in [-0.1, -0.05) is 11.6 Å². The maximum atomic E-state index is 13.0. The lowest BCUT2D eigenvalue weighted by molar-refractivity contribution is 0.0686. The van der Waals surface area contributed by atoms with Crippen molar-refractivity contribution in [2.75, 3.05) is 0 Å². The predicted molar refractivity (Wildman–Crippen MR) is 43.0 cm³/mol. The fourth-order valence-corrected chi connectivity index (χ4v) is 1.17. The highest BCUT2D eigenvalue weighted by Crippen LogP contribution is 2.28. The molecule has 0 amide bonds. The molecule has 0 fully saturated rings. The number of carbonyl (C=O) groups is 1. The number of carboxylic acids is 1. The Morgan fingerprint density at radius 1 is 1.21 bits per heavy atom. The maximum Gasteiger partial charge on any atom is 0.341 e. The van der Waals surface area contributed by atoms with Crippen molar-refractivity contribution in [1.82, 2.24) is 0 Å². The molecule has 0 bridgehead atoms. The summed E-state index contributed by atoms with van der Waals surface area (Å²) in [5.41, 5.74) is -1.86. The van der Waals surface area contributed by atoms with Gasteiger partial charge in [0.2, 0.25) is 0 Å². The number of hydrogen-bond donors (Lipinski definition) is 1. The van der Waals surface area contributed by atoms with Gasteiger partial charge in [0.05, 0.1) is 0 Å². The van der Waals surface area contributed by atoms with E-state index in [1.807, 2.05) is 0 Å². The highest BCUT2D eigenvalue weighted by Gasteiger charge is 2.25. The average molecular weight is 225 g/mol. The molecule has 0 unspecified atom stereocenters. The summed E-state index contributed by atoms with van der Waals surface area (Å²) in [5.74, 6) is -6.16. The second kappa shape index (κ2) is 3.49. The van der Waals surface area contributed by atoms with E-state index in [0.29, 0.717) is 0 Å². The summed E-state index contributed by atoms with van der Waals surface area (Å²) in [5, 5.41) is 7.41. The molecule has 6 heteroatoms. The minimum Gasteiger partial charge on any atom is -0.477 e. The van der Waals surface area contributed by atoms with Gasteiger partial charge in [-0.2, -0.15) is 0 Å². The fourth-order valence-electron chi connectivity index (χ4n) is 0.939. The largest absolute Gasteiger partial charge is 0.477 e. The molecule has 1 aromatic carbocycles. The summed E-state index contributed by atoms with van der Waals surface area (Å²) in [4.78, 5) is 10.4. The van der Waals surface area contributed by atoms with Crippen molar-refractivity contribution >= 4 is 17.6 Å². The lowest BCUT2D eigenvalue weighted by Crippen LogP contribution is -2.09. The smallest absolute Gasteiger partial charge is 0.341 e. The highest BCUT2D eigenvalue weighted by atomic mass is 35.5. The Kier molecular flexibility index (Phi) is 2.71. The summed E-state index contributed by atoms with van der Waals surface area (Å²) in [7, 11) is 0. The first-order valence-electron chi connectivity index (χ1n) is 3.43. The van der Waals surface area contributed by atoms with Crippen molar-refractivity contribution in [2.24, 2.45) is 0 Å². The van der Waals surface area contributed by atoms with Gasteiger partial charge in [0.15, 0.2) is 11.6 Å². The van der Waals surface area contributed by atoms with Crippen molar-refractivity contribution in [3.63, 3.8) is 0 Å². The summed E-state index contributed by atoms with van der Waals surface area (Å²) in [6.07, 6.45) is 0. The molecule has 0 aliphatic rings. The van der Waals surface area contributed by atoms with E-state index in [2.05, 4.69) is 0 Å². The van der Waals surface area contributed by atoms with E-state index < -0.39 is 39.6 Å². The van der Waals surface area contributed by atoms with Gasteiger partial charge in [0.25, 0.3) is 0 Å². The van der Waals surface area contributed by atoms with E-state index in [0.717, 1.165) is 6.92 Å². The van der Waals surface area contributed by atoms with Crippen LogP contribution in [-0.2, 0) is 0 Å². The SMILES string of the molecule is Cc1c(F)c(Cl)c(F)c(C(=O)O)c1F. The molecule has 76 valence electrons. The summed E-state index contributed by atoms with van der Waals surface area (Å²) in [6, 6.07) is 0. The van der Waals surface area contributed by atoms with Crippen LogP contribution in [0.1, 0.15) is 15.9 Å². The Morgan fingerprint density at radius 3 is 2.14 bits per heavy atom. The molecule has 0 atom stereocenters. The second-order valence-electron chi connectivity index (χ2n) is 2.56. The molecule has 0 radical (unpaired) electrons. The third kappa shape index (κ3) is 1.43. The Labute approximate surface area is 81.9 Å². The number of hydrogen-bond acceptors (Lipinski definition) is 1. The average Bonchev–Trinajstić information content (AvgIpc) is 2.11. The van der Waals surface area contributed by atoms with Crippen LogP contribution >= 0.6 is 11.6 Å². The summed E-state index contributed by atoms with van der Waals surface area (Å²) in [6.45, 7) is 0.975. The fraction of sp³-hybridized carbons (Fsp3) is 0.125. The van der Waals surface area contributed by atoms with Crippen LogP contribution in [-0.4, -0.2) is 11.1 Å². The monoisotopic (exact) mass is 224 g/mol. The van der Waals surface area contributed by atoms with E-state index in [9.17, 15) is 18.0 Å². The number of benzene rings is 1. The van der Waals surface area contributed by atoms with Crippen molar-refractivity contribution in [3.8, 4) is 0 Å². The van der Waals surface area contributed by atoms with Crippen LogP contribution < -0.4 is 0 Å². The molecule has 0 heterocycles. The second-order valence-corrected chi connectivity index (χ2v) is 2.94. The van der Waals surface area contributed by atoms with Gasteiger partial charge in [-0.3, -0.25) is 0 Å². The van der Waals surface area contributed by atoms with Crippen molar-refractivity contribution in [2.45, 2.75) is 6.92 Å². The summed E-state index contributed by atoms with van der Waals surface area (Å²) < 4.78 is 38.9. The van der Waals surface area contributed by atoms with Gasteiger partial charge in [-0.25, -0.2) is 18.0 Å². The van der Waals surface area contributed by atoms with Gasteiger partial charge < -0.3 is 5.11 Å². The van der Waals surface area contributed by atoms with Crippen LogP contribution in [0.15, 0.2) is 0 Å². The number of carboxylic acid groups (broad SMARTS) is 1. The molecule has 14 heavy (non-hydrogen) atoms. The van der Waals surface area contributed by atoms with Gasteiger partial charge >= 0.3 is 5.97 Å². The quantitative estimate of drug-likeness (QED) is 0.588. The van der Waals surface area contributed by atoms with E-state index in [1.54, 1.807) is 0 Å². The van der Waals surface area contributed by atoms with E-state index >= 15 is 0 Å². The van der Waals surface area contributed by atoms with Crippen LogP contribution in [0.2, 0.25) is 5.02 Å². The van der Waals surface area contributed by atoms with Crippen molar-refractivity contribution < 1.29 is 23.1 Å². The third-order valence-corrected chi connectivity index (χ3v) is 2.03. The molecule has 2 nitrogen and oxygen atoms in total. The van der Waals surface area contributed by atoms with Crippen LogP contribution in [0, 0.1) is 24.4 Å². The Bertz CT molecular complexity index is 389. The van der Waals surface area contributed by atoms with Crippen LogP contribution in [0.25, 0.3) is 0 Å². The topological polar surface area (TPSA) is 37.3 Å². The number of halogens is 4.